The van der Waals surface area contributed by atoms with Crippen molar-refractivity contribution in [2.75, 3.05) is 5.73 Å². The first kappa shape index (κ1) is 21.0. The minimum atomic E-state index is -1.15. The summed E-state index contributed by atoms with van der Waals surface area (Å²) < 4.78 is 0. The number of nitrogen functional groups attached to an aromatic ring is 1. The Balaban J connectivity index is 1.75. The third-order valence-electron chi connectivity index (χ3n) is 5.57. The fourth-order valence-corrected chi connectivity index (χ4v) is 3.87. The molecule has 0 spiro atoms. The van der Waals surface area contributed by atoms with Crippen LogP contribution in [0.2, 0.25) is 0 Å². The molecule has 32 heavy (non-hydrogen) atoms. The first-order valence-corrected chi connectivity index (χ1v) is 9.88. The van der Waals surface area contributed by atoms with Crippen molar-refractivity contribution in [3.63, 3.8) is 0 Å². The van der Waals surface area contributed by atoms with E-state index in [1.165, 1.54) is 0 Å². The maximum absolute atomic E-state index is 13.4. The summed E-state index contributed by atoms with van der Waals surface area (Å²) in [6, 6.07) is 12.5. The summed E-state index contributed by atoms with van der Waals surface area (Å²) in [4.78, 5) is 46.6. The molecule has 3 aromatic rings. The lowest BCUT2D eigenvalue weighted by Gasteiger charge is -2.18. The number of nitrogens with zero attached hydrogens (tertiary/aromatic N) is 3. The molecule has 0 fully saturated rings. The topological polar surface area (TPSA) is 152 Å². The number of aliphatic carboxylic acids is 1. The van der Waals surface area contributed by atoms with Crippen LogP contribution in [-0.2, 0) is 22.7 Å². The second-order valence-electron chi connectivity index (χ2n) is 7.70. The number of anilines is 1. The fraction of sp³-hybridized carbons (Fsp3) is 0.174. The number of rotatable bonds is 6. The molecule has 1 aliphatic rings. The number of aromatic nitrogens is 2. The SMILES string of the molecule is C=C(CC(C(=O)O)c1ccc2nc(N)nc(C(=O)N3Cc4ccccc4C3)c2c1)C(N)=O. The van der Waals surface area contributed by atoms with Gasteiger partial charge in [0.25, 0.3) is 5.91 Å². The highest BCUT2D eigenvalue weighted by Crippen LogP contribution is 2.30. The predicted octanol–water partition coefficient (Wildman–Crippen LogP) is 1.97. The molecule has 9 heteroatoms. The summed E-state index contributed by atoms with van der Waals surface area (Å²) in [6.07, 6.45) is -0.156. The monoisotopic (exact) mass is 431 g/mol. The Bertz CT molecular complexity index is 1260. The average molecular weight is 431 g/mol. The van der Waals surface area contributed by atoms with Crippen molar-refractivity contribution in [1.82, 2.24) is 14.9 Å². The van der Waals surface area contributed by atoms with Crippen LogP contribution in [0.25, 0.3) is 10.9 Å². The van der Waals surface area contributed by atoms with Crippen molar-refractivity contribution in [1.29, 1.82) is 0 Å². The van der Waals surface area contributed by atoms with Gasteiger partial charge in [0.15, 0.2) is 0 Å². The van der Waals surface area contributed by atoms with Crippen molar-refractivity contribution in [2.45, 2.75) is 25.4 Å². The highest BCUT2D eigenvalue weighted by molar-refractivity contribution is 6.05. The molecule has 162 valence electrons. The van der Waals surface area contributed by atoms with E-state index >= 15 is 0 Å². The summed E-state index contributed by atoms with van der Waals surface area (Å²) >= 11 is 0. The lowest BCUT2D eigenvalue weighted by molar-refractivity contribution is -0.138. The first-order chi connectivity index (χ1) is 15.2. The van der Waals surface area contributed by atoms with Crippen LogP contribution in [0.4, 0.5) is 5.95 Å². The largest absolute Gasteiger partial charge is 0.481 e. The van der Waals surface area contributed by atoms with Gasteiger partial charge in [0.05, 0.1) is 11.4 Å². The Morgan fingerprint density at radius 1 is 1.09 bits per heavy atom. The summed E-state index contributed by atoms with van der Waals surface area (Å²) in [5.41, 5.74) is 14.1. The van der Waals surface area contributed by atoms with Gasteiger partial charge >= 0.3 is 5.97 Å². The number of carboxylic acid groups (broad SMARTS) is 1. The number of carbonyl (C=O) groups is 3. The van der Waals surface area contributed by atoms with E-state index in [2.05, 4.69) is 16.5 Å². The second-order valence-corrected chi connectivity index (χ2v) is 7.70. The van der Waals surface area contributed by atoms with E-state index in [1.54, 1.807) is 23.1 Å². The molecule has 0 radical (unpaired) electrons. The molecule has 1 atom stereocenters. The van der Waals surface area contributed by atoms with Crippen molar-refractivity contribution in [3.05, 3.63) is 77.0 Å². The minimum absolute atomic E-state index is 0.00261. The van der Waals surface area contributed by atoms with E-state index in [0.717, 1.165) is 11.1 Å². The van der Waals surface area contributed by atoms with Gasteiger partial charge in [-0.25, -0.2) is 9.97 Å². The van der Waals surface area contributed by atoms with E-state index in [9.17, 15) is 19.5 Å². The highest BCUT2D eigenvalue weighted by Gasteiger charge is 2.28. The van der Waals surface area contributed by atoms with Crippen LogP contribution >= 0.6 is 0 Å². The smallest absolute Gasteiger partial charge is 0.311 e. The molecule has 0 saturated heterocycles. The number of hydrogen-bond acceptors (Lipinski definition) is 6. The zero-order valence-electron chi connectivity index (χ0n) is 17.1. The summed E-state index contributed by atoms with van der Waals surface area (Å²) in [5, 5.41) is 10.1. The van der Waals surface area contributed by atoms with Gasteiger partial charge in [-0.2, -0.15) is 0 Å². The molecule has 5 N–H and O–H groups in total. The predicted molar refractivity (Wildman–Crippen MR) is 117 cm³/mol. The maximum atomic E-state index is 13.4. The van der Waals surface area contributed by atoms with Crippen LogP contribution in [0.1, 0.15) is 39.5 Å². The molecule has 2 amide bonds. The fourth-order valence-electron chi connectivity index (χ4n) is 3.87. The summed E-state index contributed by atoms with van der Waals surface area (Å²) in [6.45, 7) is 4.44. The maximum Gasteiger partial charge on any atom is 0.311 e. The number of carbonyl (C=O) groups excluding carboxylic acids is 2. The molecule has 1 aromatic heterocycles. The van der Waals surface area contributed by atoms with Gasteiger partial charge in [-0.1, -0.05) is 36.9 Å². The zero-order chi connectivity index (χ0) is 23.0. The highest BCUT2D eigenvalue weighted by atomic mass is 16.4. The van der Waals surface area contributed by atoms with Crippen LogP contribution in [0.3, 0.4) is 0 Å². The summed E-state index contributed by atoms with van der Waals surface area (Å²) in [7, 11) is 0. The number of benzene rings is 2. The molecular weight excluding hydrogens is 410 g/mol. The minimum Gasteiger partial charge on any atom is -0.481 e. The van der Waals surface area contributed by atoms with Crippen molar-refractivity contribution in [3.8, 4) is 0 Å². The number of amides is 2. The van der Waals surface area contributed by atoms with Crippen LogP contribution in [0, 0.1) is 0 Å². The molecule has 9 nitrogen and oxygen atoms in total. The quantitative estimate of drug-likeness (QED) is 0.504. The Morgan fingerprint density at radius 3 is 2.34 bits per heavy atom. The zero-order valence-corrected chi connectivity index (χ0v) is 17.1. The lowest BCUT2D eigenvalue weighted by atomic mass is 9.91. The lowest BCUT2D eigenvalue weighted by Crippen LogP contribution is -2.27. The van der Waals surface area contributed by atoms with E-state index < -0.39 is 17.8 Å². The van der Waals surface area contributed by atoms with Gasteiger partial charge < -0.3 is 21.5 Å². The van der Waals surface area contributed by atoms with Gasteiger partial charge in [-0.3, -0.25) is 14.4 Å². The number of nitrogens with two attached hydrogens (primary N) is 2. The number of hydrogen-bond donors (Lipinski definition) is 3. The van der Waals surface area contributed by atoms with Crippen molar-refractivity contribution >= 4 is 34.6 Å². The van der Waals surface area contributed by atoms with Crippen LogP contribution < -0.4 is 11.5 Å². The molecule has 0 saturated carbocycles. The summed E-state index contributed by atoms with van der Waals surface area (Å²) in [5.74, 6) is -3.37. The normalized spacial score (nSPS) is 13.6. The molecular formula is C23H21N5O4. The second kappa shape index (κ2) is 8.10. The molecule has 4 rings (SSSR count). The average Bonchev–Trinajstić information content (AvgIpc) is 3.20. The third kappa shape index (κ3) is 3.87. The van der Waals surface area contributed by atoms with E-state index in [1.807, 2.05) is 24.3 Å². The molecule has 2 aromatic carbocycles. The van der Waals surface area contributed by atoms with Gasteiger partial charge in [0, 0.05) is 24.0 Å². The van der Waals surface area contributed by atoms with E-state index in [-0.39, 0.29) is 29.5 Å². The number of fused-ring (bicyclic) bond motifs is 2. The van der Waals surface area contributed by atoms with Crippen molar-refractivity contribution in [2.24, 2.45) is 5.73 Å². The molecule has 2 heterocycles. The molecule has 1 aliphatic heterocycles. The van der Waals surface area contributed by atoms with Crippen LogP contribution in [-0.4, -0.2) is 37.8 Å². The molecule has 1 unspecified atom stereocenters. The van der Waals surface area contributed by atoms with Crippen molar-refractivity contribution < 1.29 is 19.5 Å². The van der Waals surface area contributed by atoms with Crippen LogP contribution in [0.5, 0.6) is 0 Å². The molecule has 0 bridgehead atoms. The number of primary amides is 1. The number of carboxylic acids is 1. The standard InChI is InChI=1S/C23H21N5O4/c1-12(20(24)29)8-16(22(31)32)13-6-7-18-17(9-13)19(27-23(25)26-18)21(30)28-10-14-4-2-3-5-15(14)11-28/h2-7,9,16H,1,8,10-11H2,(H2,24,29)(H,31,32)(H2,25,26,27). The van der Waals surface area contributed by atoms with Gasteiger partial charge in [0.2, 0.25) is 11.9 Å². The Morgan fingerprint density at radius 2 is 1.75 bits per heavy atom. The van der Waals surface area contributed by atoms with Gasteiger partial charge in [0.1, 0.15) is 5.69 Å². The van der Waals surface area contributed by atoms with E-state index in [4.69, 9.17) is 11.5 Å². The van der Waals surface area contributed by atoms with Gasteiger partial charge in [-0.15, -0.1) is 0 Å². The first-order valence-electron chi connectivity index (χ1n) is 9.88. The van der Waals surface area contributed by atoms with E-state index in [0.29, 0.717) is 29.6 Å². The molecule has 0 aliphatic carbocycles. The van der Waals surface area contributed by atoms with Crippen LogP contribution in [0.15, 0.2) is 54.6 Å². The third-order valence-corrected chi connectivity index (χ3v) is 5.57. The Hall–Kier alpha value is -4.27. The Kier molecular flexibility index (Phi) is 5.31. The van der Waals surface area contributed by atoms with Gasteiger partial charge in [-0.05, 0) is 35.2 Å². The Labute approximate surface area is 183 Å².